The van der Waals surface area contributed by atoms with Crippen molar-refractivity contribution in [1.82, 2.24) is 9.88 Å². The van der Waals surface area contributed by atoms with Gasteiger partial charge in [-0.05, 0) is 43.3 Å². The molecule has 0 spiro atoms. The third kappa shape index (κ3) is 3.23. The molecule has 19 heavy (non-hydrogen) atoms. The van der Waals surface area contributed by atoms with Gasteiger partial charge >= 0.3 is 0 Å². The van der Waals surface area contributed by atoms with Crippen LogP contribution in [0.3, 0.4) is 0 Å². The van der Waals surface area contributed by atoms with Gasteiger partial charge < -0.3 is 5.11 Å². The van der Waals surface area contributed by atoms with Gasteiger partial charge in [0.1, 0.15) is 5.01 Å². The zero-order chi connectivity index (χ0) is 13.1. The first-order valence-corrected chi connectivity index (χ1v) is 8.36. The van der Waals surface area contributed by atoms with E-state index in [1.807, 2.05) is 6.20 Å². The predicted octanol–water partition coefficient (Wildman–Crippen LogP) is 3.08. The van der Waals surface area contributed by atoms with E-state index in [-0.39, 0.29) is 0 Å². The molecular formula is C14H18N2OS2. The van der Waals surface area contributed by atoms with Gasteiger partial charge in [0, 0.05) is 24.2 Å². The van der Waals surface area contributed by atoms with Crippen molar-refractivity contribution in [1.29, 1.82) is 0 Å². The van der Waals surface area contributed by atoms with Crippen molar-refractivity contribution in [3.8, 4) is 9.88 Å². The molecule has 0 atom stereocenters. The Bertz CT molecular complexity index is 501. The van der Waals surface area contributed by atoms with Crippen molar-refractivity contribution in [3.63, 3.8) is 0 Å². The van der Waals surface area contributed by atoms with E-state index in [0.29, 0.717) is 12.5 Å². The van der Waals surface area contributed by atoms with Crippen molar-refractivity contribution in [3.05, 3.63) is 28.6 Å². The molecule has 1 aliphatic heterocycles. The summed E-state index contributed by atoms with van der Waals surface area (Å²) in [4.78, 5) is 9.59. The smallest absolute Gasteiger partial charge is 0.133 e. The summed E-state index contributed by atoms with van der Waals surface area (Å²) >= 11 is 3.54. The van der Waals surface area contributed by atoms with Crippen LogP contribution in [0.1, 0.15) is 17.7 Å². The number of hydrogen-bond donors (Lipinski definition) is 1. The van der Waals surface area contributed by atoms with Gasteiger partial charge in [-0.2, -0.15) is 0 Å². The molecular weight excluding hydrogens is 276 g/mol. The highest BCUT2D eigenvalue weighted by molar-refractivity contribution is 7.20. The standard InChI is InChI=1S/C14H18N2OS2/c17-10-11-3-5-16(6-4-11)9-12-8-15-14(19-12)13-2-1-7-18-13/h1-2,7-8,11,17H,3-6,9-10H2. The van der Waals surface area contributed by atoms with Crippen LogP contribution in [0.25, 0.3) is 9.88 Å². The second-order valence-corrected chi connectivity index (χ2v) is 7.07. The summed E-state index contributed by atoms with van der Waals surface area (Å²) in [6.45, 7) is 3.53. The fourth-order valence-electron chi connectivity index (χ4n) is 2.44. The lowest BCUT2D eigenvalue weighted by Gasteiger charge is -2.30. The number of hydrogen-bond acceptors (Lipinski definition) is 5. The summed E-state index contributed by atoms with van der Waals surface area (Å²) in [7, 11) is 0. The van der Waals surface area contributed by atoms with Crippen LogP contribution >= 0.6 is 22.7 Å². The van der Waals surface area contributed by atoms with Gasteiger partial charge in [0.05, 0.1) is 4.88 Å². The first kappa shape index (κ1) is 13.2. The molecule has 102 valence electrons. The summed E-state index contributed by atoms with van der Waals surface area (Å²) < 4.78 is 0. The SMILES string of the molecule is OCC1CCN(Cc2cnc(-c3cccs3)s2)CC1. The van der Waals surface area contributed by atoms with E-state index in [4.69, 9.17) is 5.11 Å². The van der Waals surface area contributed by atoms with Gasteiger partial charge in [0.2, 0.25) is 0 Å². The number of rotatable bonds is 4. The van der Waals surface area contributed by atoms with Crippen molar-refractivity contribution >= 4 is 22.7 Å². The third-order valence-electron chi connectivity index (χ3n) is 3.63. The van der Waals surface area contributed by atoms with Gasteiger partial charge in [-0.3, -0.25) is 4.90 Å². The van der Waals surface area contributed by atoms with Crippen LogP contribution in [0.4, 0.5) is 0 Å². The lowest BCUT2D eigenvalue weighted by Crippen LogP contribution is -2.34. The summed E-state index contributed by atoms with van der Waals surface area (Å²) in [6, 6.07) is 4.20. The molecule has 5 heteroatoms. The molecule has 2 aromatic rings. The van der Waals surface area contributed by atoms with E-state index in [1.54, 1.807) is 22.7 Å². The first-order valence-electron chi connectivity index (χ1n) is 6.67. The van der Waals surface area contributed by atoms with E-state index >= 15 is 0 Å². The highest BCUT2D eigenvalue weighted by atomic mass is 32.1. The number of thiophene rings is 1. The molecule has 0 radical (unpaired) electrons. The third-order valence-corrected chi connectivity index (χ3v) is 5.65. The molecule has 0 saturated carbocycles. The quantitative estimate of drug-likeness (QED) is 0.941. The largest absolute Gasteiger partial charge is 0.396 e. The van der Waals surface area contributed by atoms with Crippen LogP contribution in [-0.2, 0) is 6.54 Å². The minimum atomic E-state index is 0.344. The number of nitrogens with zero attached hydrogens (tertiary/aromatic N) is 2. The Morgan fingerprint density at radius 2 is 2.21 bits per heavy atom. The highest BCUT2D eigenvalue weighted by Crippen LogP contribution is 2.30. The predicted molar refractivity (Wildman–Crippen MR) is 80.5 cm³/mol. The highest BCUT2D eigenvalue weighted by Gasteiger charge is 2.19. The summed E-state index contributed by atoms with van der Waals surface area (Å²) in [5.74, 6) is 0.513. The van der Waals surface area contributed by atoms with Crippen LogP contribution in [0.5, 0.6) is 0 Å². The molecule has 1 aliphatic rings. The van der Waals surface area contributed by atoms with Crippen molar-refractivity contribution in [2.45, 2.75) is 19.4 Å². The molecule has 0 aliphatic carbocycles. The minimum absolute atomic E-state index is 0.344. The molecule has 1 N–H and O–H groups in total. The van der Waals surface area contributed by atoms with E-state index in [0.717, 1.165) is 37.5 Å². The fraction of sp³-hybridized carbons (Fsp3) is 0.500. The Hall–Kier alpha value is -0.750. The molecule has 3 heterocycles. The maximum atomic E-state index is 9.15. The van der Waals surface area contributed by atoms with Gasteiger partial charge in [0.25, 0.3) is 0 Å². The van der Waals surface area contributed by atoms with E-state index in [9.17, 15) is 0 Å². The van der Waals surface area contributed by atoms with Crippen LogP contribution in [0.2, 0.25) is 0 Å². The number of aromatic nitrogens is 1. The zero-order valence-corrected chi connectivity index (χ0v) is 12.4. The normalized spacial score (nSPS) is 17.9. The number of aliphatic hydroxyl groups excluding tert-OH is 1. The van der Waals surface area contributed by atoms with Crippen LogP contribution < -0.4 is 0 Å². The van der Waals surface area contributed by atoms with Crippen molar-refractivity contribution in [2.24, 2.45) is 5.92 Å². The molecule has 2 aromatic heterocycles. The minimum Gasteiger partial charge on any atom is -0.396 e. The first-order chi connectivity index (χ1) is 9.35. The van der Waals surface area contributed by atoms with Gasteiger partial charge in [-0.25, -0.2) is 4.98 Å². The average Bonchev–Trinajstić information content (AvgIpc) is 3.10. The molecule has 0 bridgehead atoms. The van der Waals surface area contributed by atoms with E-state index in [2.05, 4.69) is 27.4 Å². The van der Waals surface area contributed by atoms with Crippen molar-refractivity contribution < 1.29 is 5.11 Å². The molecule has 0 aromatic carbocycles. The zero-order valence-electron chi connectivity index (χ0n) is 10.8. The van der Waals surface area contributed by atoms with E-state index in [1.165, 1.54) is 9.75 Å². The number of thiazole rings is 1. The van der Waals surface area contributed by atoms with Gasteiger partial charge in [-0.15, -0.1) is 22.7 Å². The maximum Gasteiger partial charge on any atom is 0.133 e. The average molecular weight is 294 g/mol. The summed E-state index contributed by atoms with van der Waals surface area (Å²) in [5, 5.41) is 12.4. The second kappa shape index (κ2) is 6.13. The summed E-state index contributed by atoms with van der Waals surface area (Å²) in [6.07, 6.45) is 4.25. The van der Waals surface area contributed by atoms with Crippen molar-refractivity contribution in [2.75, 3.05) is 19.7 Å². The summed E-state index contributed by atoms with van der Waals surface area (Å²) in [5.41, 5.74) is 0. The Morgan fingerprint density at radius 1 is 1.37 bits per heavy atom. The monoisotopic (exact) mass is 294 g/mol. The fourth-order valence-corrected chi connectivity index (χ4v) is 4.20. The van der Waals surface area contributed by atoms with E-state index < -0.39 is 0 Å². The topological polar surface area (TPSA) is 36.4 Å². The molecule has 3 nitrogen and oxygen atoms in total. The Balaban J connectivity index is 1.59. The Labute approximate surface area is 121 Å². The van der Waals surface area contributed by atoms with Gasteiger partial charge in [-0.1, -0.05) is 6.07 Å². The molecule has 1 saturated heterocycles. The molecule has 3 rings (SSSR count). The van der Waals surface area contributed by atoms with Gasteiger partial charge in [0.15, 0.2) is 0 Å². The Kier molecular flexibility index (Phi) is 4.28. The molecule has 0 amide bonds. The van der Waals surface area contributed by atoms with Crippen LogP contribution in [-0.4, -0.2) is 34.7 Å². The number of likely N-dealkylation sites (tertiary alicyclic amines) is 1. The van der Waals surface area contributed by atoms with Crippen LogP contribution in [0.15, 0.2) is 23.7 Å². The number of piperidine rings is 1. The lowest BCUT2D eigenvalue weighted by molar-refractivity contribution is 0.128. The second-order valence-electron chi connectivity index (χ2n) is 5.01. The molecule has 1 fully saturated rings. The Morgan fingerprint density at radius 3 is 2.89 bits per heavy atom. The lowest BCUT2D eigenvalue weighted by atomic mass is 9.98. The number of aliphatic hydroxyl groups is 1. The maximum absolute atomic E-state index is 9.15. The molecule has 0 unspecified atom stereocenters. The van der Waals surface area contributed by atoms with Crippen LogP contribution in [0, 0.1) is 5.92 Å².